The second kappa shape index (κ2) is 8.49. The lowest BCUT2D eigenvalue weighted by atomic mass is 10.1. The van der Waals surface area contributed by atoms with E-state index >= 15 is 0 Å². The van der Waals surface area contributed by atoms with Crippen LogP contribution in [0.25, 0.3) is 10.9 Å². The van der Waals surface area contributed by atoms with Gasteiger partial charge in [0, 0.05) is 28.7 Å². The number of aryl methyl sites for hydroxylation is 4. The van der Waals surface area contributed by atoms with Crippen molar-refractivity contribution < 1.29 is 14.6 Å². The van der Waals surface area contributed by atoms with Gasteiger partial charge in [0.15, 0.2) is 0 Å². The first-order chi connectivity index (χ1) is 13.0. The summed E-state index contributed by atoms with van der Waals surface area (Å²) < 4.78 is 7.93. The Bertz CT molecular complexity index is 938. The number of aromatic nitrogens is 1. The number of aliphatic carboxylic acids is 1. The normalized spacial score (nSPS) is 11.1. The summed E-state index contributed by atoms with van der Waals surface area (Å²) in [6, 6.07) is 12.1. The van der Waals surface area contributed by atoms with Crippen LogP contribution in [-0.4, -0.2) is 22.2 Å². The smallest absolute Gasteiger partial charge is 0.305 e. The second-order valence-corrected chi connectivity index (χ2v) is 7.21. The molecule has 1 aromatic heterocycles. The molecule has 0 unspecified atom stereocenters. The summed E-state index contributed by atoms with van der Waals surface area (Å²) in [5.74, 6) is 0.0644. The van der Waals surface area contributed by atoms with Gasteiger partial charge >= 0.3 is 5.97 Å². The number of nitrogens with zero attached hydrogens (tertiary/aromatic N) is 1. The van der Waals surface area contributed by atoms with Crippen molar-refractivity contribution in [3.05, 3.63) is 64.3 Å². The minimum atomic E-state index is -0.781. The minimum Gasteiger partial charge on any atom is -0.494 e. The van der Waals surface area contributed by atoms with Gasteiger partial charge in [-0.15, -0.1) is 0 Å². The molecule has 0 aliphatic heterocycles. The molecule has 1 N–H and O–H groups in total. The van der Waals surface area contributed by atoms with Crippen molar-refractivity contribution >= 4 is 28.5 Å². The Morgan fingerprint density at radius 1 is 1.19 bits per heavy atom. The van der Waals surface area contributed by atoms with Crippen molar-refractivity contribution in [2.24, 2.45) is 0 Å². The van der Waals surface area contributed by atoms with Crippen LogP contribution >= 0.6 is 11.6 Å². The van der Waals surface area contributed by atoms with Gasteiger partial charge in [0.1, 0.15) is 5.75 Å². The Morgan fingerprint density at radius 3 is 2.59 bits per heavy atom. The van der Waals surface area contributed by atoms with Crippen LogP contribution < -0.4 is 4.74 Å². The number of fused-ring (bicyclic) bond motifs is 1. The molecule has 0 fully saturated rings. The molecule has 0 saturated carbocycles. The Morgan fingerprint density at radius 2 is 1.89 bits per heavy atom. The van der Waals surface area contributed by atoms with Crippen LogP contribution in [0.3, 0.4) is 0 Å². The van der Waals surface area contributed by atoms with E-state index in [9.17, 15) is 4.79 Å². The van der Waals surface area contributed by atoms with Crippen LogP contribution in [0.4, 0.5) is 0 Å². The van der Waals surface area contributed by atoms with Crippen molar-refractivity contribution in [1.82, 2.24) is 4.57 Å². The van der Waals surface area contributed by atoms with Crippen molar-refractivity contribution in [3.63, 3.8) is 0 Å². The quantitative estimate of drug-likeness (QED) is 0.528. The summed E-state index contributed by atoms with van der Waals surface area (Å²) in [5, 5.41) is 10.9. The van der Waals surface area contributed by atoms with Crippen LogP contribution in [0.1, 0.15) is 29.5 Å². The van der Waals surface area contributed by atoms with E-state index in [4.69, 9.17) is 21.4 Å². The fraction of sp³-hybridized carbons (Fsp3) is 0.318. The van der Waals surface area contributed by atoms with Gasteiger partial charge < -0.3 is 14.4 Å². The molecule has 1 heterocycles. The van der Waals surface area contributed by atoms with Crippen LogP contribution in [0.15, 0.2) is 42.6 Å². The van der Waals surface area contributed by atoms with Gasteiger partial charge in [-0.05, 0) is 61.6 Å². The average molecular weight is 386 g/mol. The fourth-order valence-corrected chi connectivity index (χ4v) is 3.47. The maximum Gasteiger partial charge on any atom is 0.305 e. The molecule has 0 bridgehead atoms. The highest BCUT2D eigenvalue weighted by molar-refractivity contribution is 6.32. The summed E-state index contributed by atoms with van der Waals surface area (Å²) in [4.78, 5) is 10.9. The van der Waals surface area contributed by atoms with E-state index in [1.165, 1.54) is 10.9 Å². The lowest BCUT2D eigenvalue weighted by Crippen LogP contribution is -2.03. The third kappa shape index (κ3) is 4.64. The number of benzene rings is 2. The van der Waals surface area contributed by atoms with Crippen molar-refractivity contribution in [2.75, 3.05) is 6.61 Å². The largest absolute Gasteiger partial charge is 0.494 e. The van der Waals surface area contributed by atoms with E-state index in [1.807, 2.05) is 48.7 Å². The Labute approximate surface area is 164 Å². The number of para-hydroxylation sites is 1. The zero-order chi connectivity index (χ0) is 19.4. The zero-order valence-corrected chi connectivity index (χ0v) is 16.4. The molecule has 4 nitrogen and oxygen atoms in total. The van der Waals surface area contributed by atoms with Crippen LogP contribution in [-0.2, 0) is 17.8 Å². The van der Waals surface area contributed by atoms with E-state index in [2.05, 4.69) is 12.3 Å². The first-order valence-corrected chi connectivity index (χ1v) is 9.51. The molecular weight excluding hydrogens is 362 g/mol. The molecule has 2 aromatic carbocycles. The first-order valence-electron chi connectivity index (χ1n) is 9.14. The first kappa shape index (κ1) is 19.3. The zero-order valence-electron chi connectivity index (χ0n) is 15.7. The molecule has 0 amide bonds. The molecule has 0 aliphatic carbocycles. The molecular formula is C22H24ClNO3. The van der Waals surface area contributed by atoms with Crippen molar-refractivity contribution in [2.45, 2.75) is 39.7 Å². The lowest BCUT2D eigenvalue weighted by Gasteiger charge is -2.10. The van der Waals surface area contributed by atoms with E-state index in [0.717, 1.165) is 40.3 Å². The van der Waals surface area contributed by atoms with Gasteiger partial charge in [0.25, 0.3) is 0 Å². The second-order valence-electron chi connectivity index (χ2n) is 6.83. The molecule has 0 radical (unpaired) electrons. The van der Waals surface area contributed by atoms with Crippen molar-refractivity contribution in [3.8, 4) is 5.75 Å². The topological polar surface area (TPSA) is 51.5 Å². The van der Waals surface area contributed by atoms with Gasteiger partial charge in [0.2, 0.25) is 0 Å². The highest BCUT2D eigenvalue weighted by Gasteiger charge is 2.09. The minimum absolute atomic E-state index is 0.122. The number of ether oxygens (including phenoxy) is 1. The summed E-state index contributed by atoms with van der Waals surface area (Å²) >= 11 is 6.20. The van der Waals surface area contributed by atoms with Crippen molar-refractivity contribution in [1.29, 1.82) is 0 Å². The van der Waals surface area contributed by atoms with Gasteiger partial charge in [-0.1, -0.05) is 29.8 Å². The highest BCUT2D eigenvalue weighted by Crippen LogP contribution is 2.26. The summed E-state index contributed by atoms with van der Waals surface area (Å²) in [7, 11) is 0. The number of carboxylic acids is 1. The number of halogens is 1. The van der Waals surface area contributed by atoms with Gasteiger partial charge in [-0.2, -0.15) is 0 Å². The standard InChI is InChI=1S/C22H24ClNO3/c1-15-12-18(13-16(2)22(15)23)27-11-5-6-17-14-24(10-9-21(25)26)20-8-4-3-7-19(17)20/h3-4,7-8,12-14H,5-6,9-11H2,1-2H3,(H,25,26). The van der Waals surface area contributed by atoms with E-state index in [-0.39, 0.29) is 6.42 Å². The molecule has 5 heteroatoms. The van der Waals surface area contributed by atoms with Gasteiger partial charge in [0.05, 0.1) is 13.0 Å². The fourth-order valence-electron chi connectivity index (χ4n) is 3.37. The third-order valence-electron chi connectivity index (χ3n) is 4.71. The summed E-state index contributed by atoms with van der Waals surface area (Å²) in [6.07, 6.45) is 3.96. The van der Waals surface area contributed by atoms with E-state index in [1.54, 1.807) is 0 Å². The van der Waals surface area contributed by atoms with Crippen LogP contribution in [0.5, 0.6) is 5.75 Å². The lowest BCUT2D eigenvalue weighted by molar-refractivity contribution is -0.137. The number of carboxylic acid groups (broad SMARTS) is 1. The highest BCUT2D eigenvalue weighted by atomic mass is 35.5. The molecule has 3 rings (SSSR count). The number of hydrogen-bond donors (Lipinski definition) is 1. The third-order valence-corrected chi connectivity index (χ3v) is 5.30. The molecule has 142 valence electrons. The van der Waals surface area contributed by atoms with Crippen LogP contribution in [0, 0.1) is 13.8 Å². The SMILES string of the molecule is Cc1cc(OCCCc2cn(CCC(=O)O)c3ccccc23)cc(C)c1Cl. The molecule has 27 heavy (non-hydrogen) atoms. The molecule has 0 aliphatic rings. The summed E-state index contributed by atoms with van der Waals surface area (Å²) in [5.41, 5.74) is 4.35. The Balaban J connectivity index is 1.64. The molecule has 0 spiro atoms. The Kier molecular flexibility index (Phi) is 6.07. The number of carbonyl (C=O) groups is 1. The predicted octanol–water partition coefficient (Wildman–Crippen LogP) is 5.40. The molecule has 0 atom stereocenters. The maximum atomic E-state index is 10.9. The molecule has 3 aromatic rings. The number of rotatable bonds is 8. The predicted molar refractivity (Wildman–Crippen MR) is 109 cm³/mol. The van der Waals surface area contributed by atoms with Crippen LogP contribution in [0.2, 0.25) is 5.02 Å². The van der Waals surface area contributed by atoms with Gasteiger partial charge in [-0.3, -0.25) is 4.79 Å². The monoisotopic (exact) mass is 385 g/mol. The summed E-state index contributed by atoms with van der Waals surface area (Å²) in [6.45, 7) is 5.06. The number of hydrogen-bond acceptors (Lipinski definition) is 2. The van der Waals surface area contributed by atoms with Gasteiger partial charge in [-0.25, -0.2) is 0 Å². The Hall–Kier alpha value is -2.46. The average Bonchev–Trinajstić information content (AvgIpc) is 2.99. The van der Waals surface area contributed by atoms with E-state index < -0.39 is 5.97 Å². The maximum absolute atomic E-state index is 10.9. The van der Waals surface area contributed by atoms with E-state index in [0.29, 0.717) is 13.2 Å². The molecule has 0 saturated heterocycles.